The quantitative estimate of drug-likeness (QED) is 0.788. The number of nitrogens with zero attached hydrogens (tertiary/aromatic N) is 1. The molecule has 1 atom stereocenters. The van der Waals surface area contributed by atoms with Crippen molar-refractivity contribution in [2.45, 2.75) is 23.8 Å². The summed E-state index contributed by atoms with van der Waals surface area (Å²) in [5.74, 6) is 0.782. The molecule has 1 fully saturated rings. The molecule has 25 heavy (non-hydrogen) atoms. The van der Waals surface area contributed by atoms with Gasteiger partial charge in [0, 0.05) is 17.6 Å². The largest absolute Gasteiger partial charge is 0.497 e. The lowest BCUT2D eigenvalue weighted by Gasteiger charge is -2.25. The second-order valence-electron chi connectivity index (χ2n) is 5.84. The van der Waals surface area contributed by atoms with E-state index in [0.29, 0.717) is 23.1 Å². The number of hydrogen-bond donors (Lipinski definition) is 0. The van der Waals surface area contributed by atoms with Crippen molar-refractivity contribution in [3.63, 3.8) is 0 Å². The predicted octanol–water partition coefficient (Wildman–Crippen LogP) is 3.88. The van der Waals surface area contributed by atoms with Gasteiger partial charge in [0.1, 0.15) is 16.4 Å². The molecule has 0 amide bonds. The zero-order valence-electron chi connectivity index (χ0n) is 14.1. The van der Waals surface area contributed by atoms with Gasteiger partial charge in [-0.05, 0) is 42.7 Å². The molecule has 1 aliphatic rings. The number of ether oxygens (including phenoxy) is 2. The molecule has 0 bridgehead atoms. The van der Waals surface area contributed by atoms with Crippen molar-refractivity contribution in [1.29, 1.82) is 0 Å². The molecule has 0 spiro atoms. The lowest BCUT2D eigenvalue weighted by atomic mass is 10.1. The van der Waals surface area contributed by atoms with E-state index in [9.17, 15) is 8.42 Å². The van der Waals surface area contributed by atoms with E-state index in [1.807, 2.05) is 12.1 Å². The van der Waals surface area contributed by atoms with Crippen LogP contribution in [0.1, 0.15) is 24.4 Å². The summed E-state index contributed by atoms with van der Waals surface area (Å²) < 4.78 is 38.6. The zero-order valence-corrected chi connectivity index (χ0v) is 15.7. The third-order valence-electron chi connectivity index (χ3n) is 4.42. The summed E-state index contributed by atoms with van der Waals surface area (Å²) in [6, 6.07) is 11.9. The smallest absolute Gasteiger partial charge is 0.247 e. The minimum Gasteiger partial charge on any atom is -0.497 e. The molecule has 134 valence electrons. The number of methoxy groups -OCH3 is 2. The van der Waals surface area contributed by atoms with E-state index in [0.717, 1.165) is 18.4 Å². The minimum absolute atomic E-state index is 0.121. The average Bonchev–Trinajstić information content (AvgIpc) is 3.12. The van der Waals surface area contributed by atoms with Gasteiger partial charge in [0.05, 0.1) is 20.3 Å². The third-order valence-corrected chi connectivity index (χ3v) is 6.60. The number of hydrogen-bond acceptors (Lipinski definition) is 4. The van der Waals surface area contributed by atoms with Crippen LogP contribution in [0.2, 0.25) is 5.02 Å². The Morgan fingerprint density at radius 2 is 1.80 bits per heavy atom. The van der Waals surface area contributed by atoms with Crippen molar-refractivity contribution in [2.24, 2.45) is 0 Å². The molecule has 0 unspecified atom stereocenters. The third kappa shape index (κ3) is 3.47. The van der Waals surface area contributed by atoms with Gasteiger partial charge in [0.25, 0.3) is 0 Å². The summed E-state index contributed by atoms with van der Waals surface area (Å²) in [6.07, 6.45) is 1.58. The van der Waals surface area contributed by atoms with Gasteiger partial charge in [-0.15, -0.1) is 0 Å². The minimum atomic E-state index is -3.73. The molecule has 2 aromatic carbocycles. The first-order valence-electron chi connectivity index (χ1n) is 7.96. The highest BCUT2D eigenvalue weighted by atomic mass is 35.5. The summed E-state index contributed by atoms with van der Waals surface area (Å²) in [6.45, 7) is 0.468. The number of sulfonamides is 1. The molecule has 0 aromatic heterocycles. The summed E-state index contributed by atoms with van der Waals surface area (Å²) in [5.41, 5.74) is 0.937. The Kier molecular flexibility index (Phi) is 5.22. The topological polar surface area (TPSA) is 55.8 Å². The Bertz CT molecular complexity index is 852. The fourth-order valence-electron chi connectivity index (χ4n) is 3.16. The van der Waals surface area contributed by atoms with Crippen LogP contribution < -0.4 is 9.47 Å². The SMILES string of the molecule is COc1ccc(OC)c(S(=O)(=O)N2CCC[C@H]2c2ccc(Cl)cc2)c1. The van der Waals surface area contributed by atoms with Crippen molar-refractivity contribution in [3.05, 3.63) is 53.1 Å². The maximum absolute atomic E-state index is 13.3. The molecule has 0 aliphatic carbocycles. The first-order chi connectivity index (χ1) is 12.0. The summed E-state index contributed by atoms with van der Waals surface area (Å²) in [5, 5.41) is 0.630. The van der Waals surface area contributed by atoms with Crippen LogP contribution >= 0.6 is 11.6 Å². The fraction of sp³-hybridized carbons (Fsp3) is 0.333. The maximum atomic E-state index is 13.3. The standard InChI is InChI=1S/C18H20ClNO4S/c1-23-15-9-10-17(24-2)18(12-15)25(21,22)20-11-3-4-16(20)13-5-7-14(19)8-6-13/h5-10,12,16H,3-4,11H2,1-2H3/t16-/m0/s1. The van der Waals surface area contributed by atoms with E-state index >= 15 is 0 Å². The Hall–Kier alpha value is -1.76. The molecule has 0 radical (unpaired) electrons. The van der Waals surface area contributed by atoms with Crippen molar-refractivity contribution in [3.8, 4) is 11.5 Å². The second-order valence-corrected chi connectivity index (χ2v) is 8.14. The van der Waals surface area contributed by atoms with Crippen molar-refractivity contribution < 1.29 is 17.9 Å². The van der Waals surface area contributed by atoms with E-state index in [1.54, 1.807) is 24.3 Å². The molecule has 0 N–H and O–H groups in total. The number of halogens is 1. The van der Waals surface area contributed by atoms with Gasteiger partial charge >= 0.3 is 0 Å². The van der Waals surface area contributed by atoms with Crippen LogP contribution in [0.3, 0.4) is 0 Å². The normalized spacial score (nSPS) is 18.3. The summed E-state index contributed by atoms with van der Waals surface area (Å²) in [4.78, 5) is 0.121. The summed E-state index contributed by atoms with van der Waals surface area (Å²) >= 11 is 5.95. The van der Waals surface area contributed by atoms with Crippen molar-refractivity contribution in [2.75, 3.05) is 20.8 Å². The second kappa shape index (κ2) is 7.23. The molecular weight excluding hydrogens is 362 g/mol. The zero-order chi connectivity index (χ0) is 18.0. The van der Waals surface area contributed by atoms with Crippen LogP contribution in [0.25, 0.3) is 0 Å². The van der Waals surface area contributed by atoms with Gasteiger partial charge < -0.3 is 9.47 Å². The Morgan fingerprint density at radius 1 is 1.08 bits per heavy atom. The Labute approximate surface area is 153 Å². The first kappa shape index (κ1) is 18.0. The molecule has 1 aliphatic heterocycles. The van der Waals surface area contributed by atoms with Gasteiger partial charge in [-0.1, -0.05) is 23.7 Å². The van der Waals surface area contributed by atoms with Gasteiger partial charge in [0.2, 0.25) is 10.0 Å². The maximum Gasteiger partial charge on any atom is 0.247 e. The van der Waals surface area contributed by atoms with Gasteiger partial charge in [0.15, 0.2) is 0 Å². The van der Waals surface area contributed by atoms with Gasteiger partial charge in [-0.2, -0.15) is 4.31 Å². The Balaban J connectivity index is 2.03. The van der Waals surface area contributed by atoms with Crippen LogP contribution in [-0.2, 0) is 10.0 Å². The predicted molar refractivity (Wildman–Crippen MR) is 96.9 cm³/mol. The van der Waals surface area contributed by atoms with Gasteiger partial charge in [-0.25, -0.2) is 8.42 Å². The van der Waals surface area contributed by atoms with Crippen LogP contribution in [0.5, 0.6) is 11.5 Å². The Morgan fingerprint density at radius 3 is 2.44 bits per heavy atom. The van der Waals surface area contributed by atoms with E-state index in [4.69, 9.17) is 21.1 Å². The monoisotopic (exact) mass is 381 g/mol. The molecule has 0 saturated carbocycles. The van der Waals surface area contributed by atoms with E-state index in [-0.39, 0.29) is 10.9 Å². The number of rotatable bonds is 5. The molecule has 1 saturated heterocycles. The summed E-state index contributed by atoms with van der Waals surface area (Å²) in [7, 11) is -0.762. The molecule has 1 heterocycles. The van der Waals surface area contributed by atoms with E-state index in [2.05, 4.69) is 0 Å². The molecule has 3 rings (SSSR count). The van der Waals surface area contributed by atoms with Crippen molar-refractivity contribution >= 4 is 21.6 Å². The van der Waals surface area contributed by atoms with Crippen LogP contribution in [0, 0.1) is 0 Å². The molecule has 2 aromatic rings. The number of benzene rings is 2. The highest BCUT2D eigenvalue weighted by Gasteiger charge is 2.37. The highest BCUT2D eigenvalue weighted by molar-refractivity contribution is 7.89. The van der Waals surface area contributed by atoms with Crippen LogP contribution in [-0.4, -0.2) is 33.5 Å². The van der Waals surface area contributed by atoms with E-state index in [1.165, 1.54) is 24.6 Å². The lowest BCUT2D eigenvalue weighted by Crippen LogP contribution is -2.31. The van der Waals surface area contributed by atoms with Crippen LogP contribution in [0.4, 0.5) is 0 Å². The van der Waals surface area contributed by atoms with E-state index < -0.39 is 10.0 Å². The molecular formula is C18H20ClNO4S. The molecule has 7 heteroatoms. The van der Waals surface area contributed by atoms with Gasteiger partial charge in [-0.3, -0.25) is 0 Å². The first-order valence-corrected chi connectivity index (χ1v) is 9.78. The lowest BCUT2D eigenvalue weighted by molar-refractivity contribution is 0.376. The van der Waals surface area contributed by atoms with Crippen LogP contribution in [0.15, 0.2) is 47.4 Å². The highest BCUT2D eigenvalue weighted by Crippen LogP contribution is 2.39. The average molecular weight is 382 g/mol. The van der Waals surface area contributed by atoms with Crippen molar-refractivity contribution in [1.82, 2.24) is 4.31 Å². The molecule has 5 nitrogen and oxygen atoms in total. The fourth-order valence-corrected chi connectivity index (χ4v) is 5.14.